The number of nitrogens with two attached hydrogens (primary N) is 1. The minimum Gasteiger partial charge on any atom is -0.480 e. The number of aliphatic carboxylic acids is 1. The van der Waals surface area contributed by atoms with Crippen molar-refractivity contribution >= 4 is 23.6 Å². The number of likely N-dealkylation sites (tertiary alicyclic amines) is 1. The number of hydrogen-bond donors (Lipinski definition) is 2. The van der Waals surface area contributed by atoms with Crippen molar-refractivity contribution in [2.75, 3.05) is 30.3 Å². The van der Waals surface area contributed by atoms with Crippen LogP contribution in [-0.4, -0.2) is 57.5 Å². The van der Waals surface area contributed by atoms with E-state index in [1.807, 2.05) is 6.07 Å². The number of nitrogens with zero attached hydrogens (tertiary/aromatic N) is 4. The Morgan fingerprint density at radius 3 is 2.60 bits per heavy atom. The van der Waals surface area contributed by atoms with Gasteiger partial charge in [0, 0.05) is 31.7 Å². The van der Waals surface area contributed by atoms with Gasteiger partial charge in [-0.15, -0.1) is 0 Å². The Morgan fingerprint density at radius 2 is 2.00 bits per heavy atom. The van der Waals surface area contributed by atoms with Gasteiger partial charge in [-0.3, -0.25) is 4.79 Å². The van der Waals surface area contributed by atoms with E-state index in [-0.39, 0.29) is 23.2 Å². The number of aromatic nitrogens is 2. The Morgan fingerprint density at radius 1 is 1.28 bits per heavy atom. The van der Waals surface area contributed by atoms with Crippen molar-refractivity contribution in [3.8, 4) is 0 Å². The van der Waals surface area contributed by atoms with Crippen LogP contribution in [0.2, 0.25) is 0 Å². The second kappa shape index (κ2) is 5.86. The predicted octanol–water partition coefficient (Wildman–Crippen LogP) is 0.741. The molecule has 25 heavy (non-hydrogen) atoms. The van der Waals surface area contributed by atoms with Crippen molar-refractivity contribution in [2.45, 2.75) is 38.1 Å². The highest BCUT2D eigenvalue weighted by atomic mass is 16.4. The monoisotopic (exact) mass is 345 g/mol. The molecule has 3 fully saturated rings. The van der Waals surface area contributed by atoms with Gasteiger partial charge in [0.15, 0.2) is 0 Å². The highest BCUT2D eigenvalue weighted by molar-refractivity contribution is 5.87. The van der Waals surface area contributed by atoms with Gasteiger partial charge in [-0.2, -0.15) is 4.98 Å². The Bertz CT molecular complexity index is 697. The minimum atomic E-state index is -0.878. The lowest BCUT2D eigenvalue weighted by molar-refractivity contribution is -0.148. The van der Waals surface area contributed by atoms with E-state index in [1.54, 1.807) is 11.1 Å². The second-order valence-corrected chi connectivity index (χ2v) is 7.56. The van der Waals surface area contributed by atoms with E-state index in [4.69, 9.17) is 5.73 Å². The molecule has 1 spiro atoms. The van der Waals surface area contributed by atoms with E-state index in [9.17, 15) is 14.7 Å². The summed E-state index contributed by atoms with van der Waals surface area (Å²) >= 11 is 0. The Labute approximate surface area is 146 Å². The predicted molar refractivity (Wildman–Crippen MR) is 90.8 cm³/mol. The fourth-order valence-corrected chi connectivity index (χ4v) is 4.19. The number of carbonyl (C=O) groups is 2. The Kier molecular flexibility index (Phi) is 3.77. The van der Waals surface area contributed by atoms with Gasteiger partial charge in [-0.25, -0.2) is 9.78 Å². The quantitative estimate of drug-likeness (QED) is 0.831. The molecule has 3 heterocycles. The molecular weight excluding hydrogens is 322 g/mol. The van der Waals surface area contributed by atoms with Gasteiger partial charge in [0.05, 0.1) is 0 Å². The molecule has 3 N–H and O–H groups in total. The smallest absolute Gasteiger partial charge is 0.326 e. The number of piperidine rings is 1. The van der Waals surface area contributed by atoms with Crippen LogP contribution in [0.5, 0.6) is 0 Å². The van der Waals surface area contributed by atoms with Crippen LogP contribution >= 0.6 is 0 Å². The van der Waals surface area contributed by atoms with Gasteiger partial charge >= 0.3 is 5.97 Å². The third kappa shape index (κ3) is 3.01. The van der Waals surface area contributed by atoms with E-state index >= 15 is 0 Å². The fraction of sp³-hybridized carbons (Fsp3) is 0.647. The van der Waals surface area contributed by atoms with Crippen molar-refractivity contribution in [3.05, 3.63) is 12.3 Å². The molecule has 134 valence electrons. The number of carboxylic acid groups (broad SMARTS) is 1. The summed E-state index contributed by atoms with van der Waals surface area (Å²) < 4.78 is 0. The SMILES string of the molecule is Nc1nccc(N2CCC3(CC2)CC(C(=O)O)N(C(=O)C2CC2)C3)n1. The van der Waals surface area contributed by atoms with Crippen LogP contribution in [0, 0.1) is 11.3 Å². The molecule has 8 heteroatoms. The van der Waals surface area contributed by atoms with Gasteiger partial charge in [0.1, 0.15) is 11.9 Å². The number of carboxylic acids is 1. The van der Waals surface area contributed by atoms with Gasteiger partial charge < -0.3 is 20.6 Å². The van der Waals surface area contributed by atoms with Crippen molar-refractivity contribution < 1.29 is 14.7 Å². The number of anilines is 2. The normalized spacial score (nSPS) is 25.4. The van der Waals surface area contributed by atoms with E-state index in [0.29, 0.717) is 13.0 Å². The zero-order valence-electron chi connectivity index (χ0n) is 14.1. The van der Waals surface area contributed by atoms with E-state index < -0.39 is 12.0 Å². The molecule has 2 saturated heterocycles. The van der Waals surface area contributed by atoms with Crippen molar-refractivity contribution in [1.29, 1.82) is 0 Å². The van der Waals surface area contributed by atoms with Crippen LogP contribution in [0.25, 0.3) is 0 Å². The fourth-order valence-electron chi connectivity index (χ4n) is 4.19. The second-order valence-electron chi connectivity index (χ2n) is 7.56. The van der Waals surface area contributed by atoms with Crippen LogP contribution in [0.4, 0.5) is 11.8 Å². The summed E-state index contributed by atoms with van der Waals surface area (Å²) in [6.07, 6.45) is 5.72. The topological polar surface area (TPSA) is 113 Å². The molecule has 1 aromatic heterocycles. The first-order chi connectivity index (χ1) is 12.0. The van der Waals surface area contributed by atoms with Gasteiger partial charge in [0.2, 0.25) is 11.9 Å². The van der Waals surface area contributed by atoms with Crippen molar-refractivity contribution in [1.82, 2.24) is 14.9 Å². The standard InChI is InChI=1S/C17H23N5O3/c18-16-19-6-3-13(20-16)21-7-4-17(5-8-21)9-12(15(24)25)22(10-17)14(23)11-1-2-11/h3,6,11-12H,1-2,4-5,7-10H2,(H,24,25)(H2,18,19,20). The molecule has 8 nitrogen and oxygen atoms in total. The zero-order valence-corrected chi connectivity index (χ0v) is 14.1. The lowest BCUT2D eigenvalue weighted by Crippen LogP contribution is -2.43. The molecule has 1 unspecified atom stereocenters. The first-order valence-electron chi connectivity index (χ1n) is 8.84. The van der Waals surface area contributed by atoms with Crippen LogP contribution in [0.3, 0.4) is 0 Å². The molecule has 4 rings (SSSR count). The number of amides is 1. The molecule has 1 aliphatic carbocycles. The van der Waals surface area contributed by atoms with Crippen molar-refractivity contribution in [3.63, 3.8) is 0 Å². The molecule has 0 bridgehead atoms. The lowest BCUT2D eigenvalue weighted by Gasteiger charge is -2.39. The lowest BCUT2D eigenvalue weighted by atomic mass is 9.76. The van der Waals surface area contributed by atoms with Crippen LogP contribution in [0.15, 0.2) is 12.3 Å². The molecule has 1 amide bonds. The molecule has 0 radical (unpaired) electrons. The highest BCUT2D eigenvalue weighted by Gasteiger charge is 2.51. The summed E-state index contributed by atoms with van der Waals surface area (Å²) in [5.74, 6) is 0.278. The van der Waals surface area contributed by atoms with E-state index in [2.05, 4.69) is 14.9 Å². The zero-order chi connectivity index (χ0) is 17.6. The summed E-state index contributed by atoms with van der Waals surface area (Å²) in [5.41, 5.74) is 5.57. The average Bonchev–Trinajstić information content (AvgIpc) is 3.37. The van der Waals surface area contributed by atoms with E-state index in [1.165, 1.54) is 0 Å². The van der Waals surface area contributed by atoms with Gasteiger partial charge in [-0.05, 0) is 43.6 Å². The minimum absolute atomic E-state index is 0.0373. The average molecular weight is 345 g/mol. The summed E-state index contributed by atoms with van der Waals surface area (Å²) in [4.78, 5) is 36.1. The first kappa shape index (κ1) is 16.1. The first-order valence-corrected chi connectivity index (χ1v) is 8.84. The van der Waals surface area contributed by atoms with Crippen molar-refractivity contribution in [2.24, 2.45) is 11.3 Å². The molecule has 1 saturated carbocycles. The number of nitrogen functional groups attached to an aromatic ring is 1. The molecule has 1 atom stereocenters. The van der Waals surface area contributed by atoms with Crippen LogP contribution in [-0.2, 0) is 9.59 Å². The molecule has 2 aliphatic heterocycles. The van der Waals surface area contributed by atoms with Gasteiger partial charge in [-0.1, -0.05) is 0 Å². The maximum atomic E-state index is 12.5. The van der Waals surface area contributed by atoms with Gasteiger partial charge in [0.25, 0.3) is 0 Å². The third-order valence-electron chi connectivity index (χ3n) is 5.81. The molecule has 1 aromatic rings. The Balaban J connectivity index is 1.46. The summed E-state index contributed by atoms with van der Waals surface area (Å²) in [6, 6.07) is 1.17. The van der Waals surface area contributed by atoms with Crippen LogP contribution < -0.4 is 10.6 Å². The highest BCUT2D eigenvalue weighted by Crippen LogP contribution is 2.46. The number of carbonyl (C=O) groups excluding carboxylic acids is 1. The number of rotatable bonds is 3. The maximum absolute atomic E-state index is 12.5. The van der Waals surface area contributed by atoms with Crippen LogP contribution in [0.1, 0.15) is 32.1 Å². The maximum Gasteiger partial charge on any atom is 0.326 e. The molecular formula is C17H23N5O3. The summed E-state index contributed by atoms with van der Waals surface area (Å²) in [5, 5.41) is 9.57. The molecule has 3 aliphatic rings. The summed E-state index contributed by atoms with van der Waals surface area (Å²) in [7, 11) is 0. The molecule has 0 aromatic carbocycles. The Hall–Kier alpha value is -2.38. The number of hydrogen-bond acceptors (Lipinski definition) is 6. The third-order valence-corrected chi connectivity index (χ3v) is 5.81. The largest absolute Gasteiger partial charge is 0.480 e. The van der Waals surface area contributed by atoms with E-state index in [0.717, 1.165) is 44.6 Å². The summed E-state index contributed by atoms with van der Waals surface area (Å²) in [6.45, 7) is 2.14.